The van der Waals surface area contributed by atoms with E-state index in [1.807, 2.05) is 6.07 Å². The van der Waals surface area contributed by atoms with Crippen LogP contribution in [0.1, 0.15) is 43.1 Å². The van der Waals surface area contributed by atoms with Crippen molar-refractivity contribution in [2.45, 2.75) is 46.0 Å². The van der Waals surface area contributed by atoms with Gasteiger partial charge in [0.2, 0.25) is 11.8 Å². The number of likely N-dealkylation sites (tertiary alicyclic amines) is 1. The minimum Gasteiger partial charge on any atom is -0.351 e. The molecule has 1 aliphatic heterocycles. The largest absolute Gasteiger partial charge is 0.351 e. The summed E-state index contributed by atoms with van der Waals surface area (Å²) in [6, 6.07) is 8.42. The minimum atomic E-state index is 0.0280. The van der Waals surface area contributed by atoms with Crippen LogP contribution in [0.3, 0.4) is 0 Å². The molecule has 7 heteroatoms. The lowest BCUT2D eigenvalue weighted by molar-refractivity contribution is -0.118. The van der Waals surface area contributed by atoms with E-state index in [0.717, 1.165) is 31.5 Å². The molecule has 3 rings (SSSR count). The number of rotatable bonds is 8. The van der Waals surface area contributed by atoms with Crippen molar-refractivity contribution in [3.05, 3.63) is 47.1 Å². The van der Waals surface area contributed by atoms with E-state index < -0.39 is 0 Å². The molecule has 1 saturated heterocycles. The molecule has 0 aliphatic carbocycles. The van der Waals surface area contributed by atoms with Crippen molar-refractivity contribution >= 4 is 17.7 Å². The van der Waals surface area contributed by atoms with Gasteiger partial charge >= 0.3 is 0 Å². The molecule has 1 aliphatic rings. The first-order valence-electron chi connectivity index (χ1n) is 9.92. The van der Waals surface area contributed by atoms with Gasteiger partial charge < -0.3 is 9.84 Å². The van der Waals surface area contributed by atoms with E-state index in [4.69, 9.17) is 4.52 Å². The summed E-state index contributed by atoms with van der Waals surface area (Å²) in [7, 11) is 0. The van der Waals surface area contributed by atoms with E-state index in [-0.39, 0.29) is 5.91 Å². The van der Waals surface area contributed by atoms with E-state index >= 15 is 0 Å². The molecular weight excluding hydrogens is 372 g/mol. The van der Waals surface area contributed by atoms with Gasteiger partial charge in [-0.15, -0.1) is 11.8 Å². The Hall–Kier alpha value is -1.86. The minimum absolute atomic E-state index is 0.0280. The summed E-state index contributed by atoms with van der Waals surface area (Å²) in [6.07, 6.45) is 1.31. The van der Waals surface area contributed by atoms with E-state index in [1.165, 1.54) is 29.3 Å². The van der Waals surface area contributed by atoms with Gasteiger partial charge in [0.1, 0.15) is 0 Å². The summed E-state index contributed by atoms with van der Waals surface area (Å²) < 4.78 is 4.94. The maximum Gasteiger partial charge on any atom is 0.230 e. The van der Waals surface area contributed by atoms with E-state index in [1.54, 1.807) is 6.92 Å². The average molecular weight is 403 g/mol. The fourth-order valence-electron chi connectivity index (χ4n) is 3.93. The maximum absolute atomic E-state index is 12.2. The normalized spacial score (nSPS) is 20.2. The van der Waals surface area contributed by atoms with Crippen LogP contribution < -0.4 is 5.32 Å². The number of hydrogen-bond donors (Lipinski definition) is 1. The molecule has 152 valence electrons. The fourth-order valence-corrected chi connectivity index (χ4v) is 4.62. The Labute approximate surface area is 171 Å². The van der Waals surface area contributed by atoms with Gasteiger partial charge in [-0.25, -0.2) is 0 Å². The SMILES string of the molecule is Cc1nc(CSCC(=O)NCc2ccccc2CN2CC(C)CC(C)C2)no1. The molecule has 0 saturated carbocycles. The first-order chi connectivity index (χ1) is 13.5. The average Bonchev–Trinajstić information content (AvgIpc) is 3.05. The third kappa shape index (κ3) is 6.34. The Kier molecular flexibility index (Phi) is 7.50. The lowest BCUT2D eigenvalue weighted by Crippen LogP contribution is -2.38. The molecule has 1 amide bonds. The van der Waals surface area contributed by atoms with Crippen LogP contribution in [-0.2, 0) is 23.6 Å². The number of amides is 1. The smallest absolute Gasteiger partial charge is 0.230 e. The summed E-state index contributed by atoms with van der Waals surface area (Å²) in [5, 5.41) is 6.88. The number of nitrogens with zero attached hydrogens (tertiary/aromatic N) is 3. The Morgan fingerprint density at radius 2 is 1.96 bits per heavy atom. The lowest BCUT2D eigenvalue weighted by atomic mass is 9.91. The highest BCUT2D eigenvalue weighted by molar-refractivity contribution is 7.99. The van der Waals surface area contributed by atoms with Gasteiger partial charge in [0, 0.05) is 33.1 Å². The summed E-state index contributed by atoms with van der Waals surface area (Å²) >= 11 is 1.49. The Balaban J connectivity index is 1.47. The zero-order chi connectivity index (χ0) is 19.9. The molecule has 6 nitrogen and oxygen atoms in total. The molecule has 1 fully saturated rings. The van der Waals surface area contributed by atoms with Crippen molar-refractivity contribution in [3.63, 3.8) is 0 Å². The van der Waals surface area contributed by atoms with Crippen molar-refractivity contribution in [2.75, 3.05) is 18.8 Å². The number of benzene rings is 1. The van der Waals surface area contributed by atoms with Crippen LogP contribution in [0.2, 0.25) is 0 Å². The van der Waals surface area contributed by atoms with Crippen LogP contribution >= 0.6 is 11.8 Å². The first-order valence-corrected chi connectivity index (χ1v) is 11.1. The fraction of sp³-hybridized carbons (Fsp3) is 0.571. The number of thioether (sulfide) groups is 1. The van der Waals surface area contributed by atoms with Crippen molar-refractivity contribution in [3.8, 4) is 0 Å². The highest BCUT2D eigenvalue weighted by Gasteiger charge is 2.22. The summed E-state index contributed by atoms with van der Waals surface area (Å²) in [6.45, 7) is 10.2. The number of carbonyl (C=O) groups excluding carboxylic acids is 1. The Morgan fingerprint density at radius 1 is 1.25 bits per heavy atom. The molecule has 1 aromatic carbocycles. The standard InChI is InChI=1S/C21H30N4O2S/c1-15-8-16(2)11-25(10-15)12-19-7-5-4-6-18(19)9-22-21(26)14-28-13-20-23-17(3)27-24-20/h4-7,15-16H,8-14H2,1-3H3,(H,22,26). The molecule has 28 heavy (non-hydrogen) atoms. The maximum atomic E-state index is 12.2. The molecule has 1 aromatic heterocycles. The zero-order valence-electron chi connectivity index (χ0n) is 17.0. The Morgan fingerprint density at radius 3 is 2.64 bits per heavy atom. The molecule has 0 bridgehead atoms. The second-order valence-electron chi connectivity index (χ2n) is 7.91. The monoisotopic (exact) mass is 402 g/mol. The predicted octanol–water partition coefficient (Wildman–Crippen LogP) is 3.41. The molecule has 2 heterocycles. The third-order valence-corrected chi connectivity index (χ3v) is 5.90. The van der Waals surface area contributed by atoms with Gasteiger partial charge in [0.15, 0.2) is 5.82 Å². The number of hydrogen-bond acceptors (Lipinski definition) is 6. The zero-order valence-corrected chi connectivity index (χ0v) is 17.8. The van der Waals surface area contributed by atoms with Crippen molar-refractivity contribution in [1.29, 1.82) is 0 Å². The number of nitrogens with one attached hydrogen (secondary N) is 1. The van der Waals surface area contributed by atoms with E-state index in [0.29, 0.717) is 29.8 Å². The number of aromatic nitrogens is 2. The van der Waals surface area contributed by atoms with Crippen molar-refractivity contribution in [1.82, 2.24) is 20.4 Å². The van der Waals surface area contributed by atoms with Gasteiger partial charge in [-0.1, -0.05) is 43.3 Å². The molecule has 0 spiro atoms. The van der Waals surface area contributed by atoms with Gasteiger partial charge in [-0.3, -0.25) is 9.69 Å². The van der Waals surface area contributed by atoms with Gasteiger partial charge in [0.25, 0.3) is 0 Å². The Bertz CT molecular complexity index is 769. The molecule has 2 atom stereocenters. The van der Waals surface area contributed by atoms with Crippen molar-refractivity contribution in [2.24, 2.45) is 11.8 Å². The summed E-state index contributed by atoms with van der Waals surface area (Å²) in [4.78, 5) is 18.9. The van der Waals surface area contributed by atoms with Crippen LogP contribution in [0, 0.1) is 18.8 Å². The molecule has 2 unspecified atom stereocenters. The lowest BCUT2D eigenvalue weighted by Gasteiger charge is -2.35. The third-order valence-electron chi connectivity index (χ3n) is 4.97. The highest BCUT2D eigenvalue weighted by Crippen LogP contribution is 2.23. The molecule has 2 aromatic rings. The van der Waals surface area contributed by atoms with Gasteiger partial charge in [-0.2, -0.15) is 4.98 Å². The quantitative estimate of drug-likeness (QED) is 0.730. The first kappa shape index (κ1) is 20.9. The van der Waals surface area contributed by atoms with Gasteiger partial charge in [0.05, 0.1) is 11.5 Å². The molecule has 0 radical (unpaired) electrons. The van der Waals surface area contributed by atoms with Crippen LogP contribution in [0.4, 0.5) is 0 Å². The molecule has 1 N–H and O–H groups in total. The second-order valence-corrected chi connectivity index (χ2v) is 8.89. The summed E-state index contributed by atoms with van der Waals surface area (Å²) in [5.41, 5.74) is 2.50. The number of piperidine rings is 1. The number of carbonyl (C=O) groups is 1. The highest BCUT2D eigenvalue weighted by atomic mass is 32.2. The van der Waals surface area contributed by atoms with E-state index in [9.17, 15) is 4.79 Å². The van der Waals surface area contributed by atoms with Crippen LogP contribution in [0.5, 0.6) is 0 Å². The van der Waals surface area contributed by atoms with Gasteiger partial charge in [-0.05, 0) is 29.4 Å². The van der Waals surface area contributed by atoms with E-state index in [2.05, 4.69) is 52.4 Å². The topological polar surface area (TPSA) is 71.3 Å². The number of aryl methyl sites for hydroxylation is 1. The van der Waals surface area contributed by atoms with Crippen LogP contribution in [0.25, 0.3) is 0 Å². The van der Waals surface area contributed by atoms with Crippen LogP contribution in [0.15, 0.2) is 28.8 Å². The van der Waals surface area contributed by atoms with Crippen LogP contribution in [-0.4, -0.2) is 39.8 Å². The predicted molar refractivity (Wildman–Crippen MR) is 112 cm³/mol. The second kappa shape index (κ2) is 10.1. The van der Waals surface area contributed by atoms with Crippen molar-refractivity contribution < 1.29 is 9.32 Å². The molecular formula is C21H30N4O2S. The summed E-state index contributed by atoms with van der Waals surface area (Å²) in [5.74, 6) is 3.66.